The van der Waals surface area contributed by atoms with E-state index >= 15 is 0 Å². The van der Waals surface area contributed by atoms with Gasteiger partial charge in [0.05, 0.1) is 18.5 Å². The van der Waals surface area contributed by atoms with Crippen molar-refractivity contribution in [2.24, 2.45) is 11.3 Å². The van der Waals surface area contributed by atoms with Crippen molar-refractivity contribution in [3.05, 3.63) is 18.0 Å². The third-order valence-electron chi connectivity index (χ3n) is 5.39. The van der Waals surface area contributed by atoms with Crippen LogP contribution in [0.3, 0.4) is 0 Å². The zero-order valence-electron chi connectivity index (χ0n) is 14.2. The largest absolute Gasteiger partial charge is 0.493 e. The van der Waals surface area contributed by atoms with Crippen LogP contribution in [-0.4, -0.2) is 18.1 Å². The molecule has 1 fully saturated rings. The van der Waals surface area contributed by atoms with E-state index in [-0.39, 0.29) is 0 Å². The molecular formula is C18H30N2O. The van der Waals surface area contributed by atoms with Gasteiger partial charge in [0.25, 0.3) is 0 Å². The minimum absolute atomic E-state index is 0.482. The minimum Gasteiger partial charge on any atom is -0.493 e. The van der Waals surface area contributed by atoms with Crippen molar-refractivity contribution >= 4 is 5.69 Å². The smallest absolute Gasteiger partial charge is 0.163 e. The SMILES string of the molecule is CCC(C)(C)[C@H]1CC[C@@H](Nc2ccnc(C)c2OC)CC1. The standard InChI is InChI=1S/C18H30N2O/c1-6-18(3,4)14-7-9-15(10-8-14)20-16-11-12-19-13(2)17(16)21-5/h11-12,14-15H,6-10H2,1-5H3,(H,19,20)/t14-,15+. The van der Waals surface area contributed by atoms with E-state index in [9.17, 15) is 0 Å². The van der Waals surface area contributed by atoms with Gasteiger partial charge in [-0.1, -0.05) is 27.2 Å². The van der Waals surface area contributed by atoms with E-state index in [0.717, 1.165) is 23.0 Å². The van der Waals surface area contributed by atoms with Gasteiger partial charge in [-0.25, -0.2) is 0 Å². The number of ether oxygens (including phenoxy) is 1. The molecule has 0 unspecified atom stereocenters. The summed E-state index contributed by atoms with van der Waals surface area (Å²) in [5.41, 5.74) is 2.52. The second-order valence-electron chi connectivity index (χ2n) is 7.01. The highest BCUT2D eigenvalue weighted by Gasteiger charge is 2.31. The summed E-state index contributed by atoms with van der Waals surface area (Å²) in [4.78, 5) is 4.29. The molecular weight excluding hydrogens is 260 g/mol. The van der Waals surface area contributed by atoms with E-state index in [1.165, 1.54) is 32.1 Å². The molecule has 1 saturated carbocycles. The third kappa shape index (κ3) is 3.69. The van der Waals surface area contributed by atoms with Crippen LogP contribution in [0.4, 0.5) is 5.69 Å². The maximum absolute atomic E-state index is 5.49. The molecule has 0 atom stereocenters. The van der Waals surface area contributed by atoms with Gasteiger partial charge in [-0.05, 0) is 50.0 Å². The molecule has 21 heavy (non-hydrogen) atoms. The van der Waals surface area contributed by atoms with Crippen LogP contribution >= 0.6 is 0 Å². The molecule has 0 aromatic carbocycles. The van der Waals surface area contributed by atoms with Gasteiger partial charge in [0, 0.05) is 12.2 Å². The van der Waals surface area contributed by atoms with Crippen LogP contribution < -0.4 is 10.1 Å². The normalized spacial score (nSPS) is 22.9. The van der Waals surface area contributed by atoms with Crippen molar-refractivity contribution in [2.45, 2.75) is 65.8 Å². The Morgan fingerprint density at radius 3 is 2.52 bits per heavy atom. The molecule has 0 saturated heterocycles. The lowest BCUT2D eigenvalue weighted by Gasteiger charge is -2.39. The maximum Gasteiger partial charge on any atom is 0.163 e. The molecule has 1 N–H and O–H groups in total. The molecule has 0 aliphatic heterocycles. The molecule has 0 spiro atoms. The van der Waals surface area contributed by atoms with E-state index < -0.39 is 0 Å². The van der Waals surface area contributed by atoms with Crippen LogP contribution in [0.5, 0.6) is 5.75 Å². The Bertz CT molecular complexity index is 462. The van der Waals surface area contributed by atoms with E-state index in [1.807, 2.05) is 19.2 Å². The first kappa shape index (κ1) is 16.1. The summed E-state index contributed by atoms with van der Waals surface area (Å²) in [7, 11) is 1.72. The quantitative estimate of drug-likeness (QED) is 0.845. The summed E-state index contributed by atoms with van der Waals surface area (Å²) in [5.74, 6) is 1.75. The fraction of sp³-hybridized carbons (Fsp3) is 0.722. The number of nitrogens with one attached hydrogen (secondary N) is 1. The molecule has 1 aromatic rings. The van der Waals surface area contributed by atoms with Gasteiger partial charge in [0.1, 0.15) is 0 Å². The second kappa shape index (κ2) is 6.67. The Balaban J connectivity index is 1.97. The van der Waals surface area contributed by atoms with Gasteiger partial charge in [0.15, 0.2) is 5.75 Å². The first-order valence-corrected chi connectivity index (χ1v) is 8.24. The molecule has 3 nitrogen and oxygen atoms in total. The fourth-order valence-electron chi connectivity index (χ4n) is 3.45. The molecule has 0 amide bonds. The lowest BCUT2D eigenvalue weighted by Crippen LogP contribution is -2.32. The third-order valence-corrected chi connectivity index (χ3v) is 5.39. The first-order chi connectivity index (χ1) is 9.97. The number of anilines is 1. The van der Waals surface area contributed by atoms with Gasteiger partial charge in [-0.3, -0.25) is 4.98 Å². The maximum atomic E-state index is 5.49. The molecule has 1 heterocycles. The lowest BCUT2D eigenvalue weighted by atomic mass is 9.69. The summed E-state index contributed by atoms with van der Waals surface area (Å²) < 4.78 is 5.49. The van der Waals surface area contributed by atoms with Crippen molar-refractivity contribution in [2.75, 3.05) is 12.4 Å². The van der Waals surface area contributed by atoms with Gasteiger partial charge < -0.3 is 10.1 Å². The Hall–Kier alpha value is -1.25. The summed E-state index contributed by atoms with van der Waals surface area (Å²) in [6.07, 6.45) is 8.27. The van der Waals surface area contributed by atoms with Crippen molar-refractivity contribution < 1.29 is 4.74 Å². The van der Waals surface area contributed by atoms with E-state index in [1.54, 1.807) is 7.11 Å². The number of methoxy groups -OCH3 is 1. The molecule has 0 bridgehead atoms. The van der Waals surface area contributed by atoms with Crippen molar-refractivity contribution in [3.63, 3.8) is 0 Å². The van der Waals surface area contributed by atoms with Crippen LogP contribution in [-0.2, 0) is 0 Å². The van der Waals surface area contributed by atoms with Crippen LogP contribution in [0.1, 0.15) is 58.6 Å². The zero-order chi connectivity index (χ0) is 15.5. The number of aryl methyl sites for hydroxylation is 1. The first-order valence-electron chi connectivity index (χ1n) is 8.24. The summed E-state index contributed by atoms with van der Waals surface area (Å²) >= 11 is 0. The molecule has 0 radical (unpaired) electrons. The summed E-state index contributed by atoms with van der Waals surface area (Å²) in [5, 5.41) is 3.67. The summed E-state index contributed by atoms with van der Waals surface area (Å²) in [6.45, 7) is 9.14. The lowest BCUT2D eigenvalue weighted by molar-refractivity contribution is 0.147. The van der Waals surface area contributed by atoms with Gasteiger partial charge in [-0.2, -0.15) is 0 Å². The number of rotatable bonds is 5. The predicted octanol–water partition coefficient (Wildman–Crippen LogP) is 4.81. The number of aromatic nitrogens is 1. The highest BCUT2D eigenvalue weighted by Crippen LogP contribution is 2.41. The van der Waals surface area contributed by atoms with Crippen LogP contribution in [0, 0.1) is 18.3 Å². The van der Waals surface area contributed by atoms with E-state index in [0.29, 0.717) is 11.5 Å². The predicted molar refractivity (Wildman–Crippen MR) is 89.0 cm³/mol. The van der Waals surface area contributed by atoms with E-state index in [4.69, 9.17) is 4.74 Å². The average Bonchev–Trinajstić information content (AvgIpc) is 2.48. The van der Waals surface area contributed by atoms with Crippen LogP contribution in [0.15, 0.2) is 12.3 Å². The molecule has 1 aromatic heterocycles. The monoisotopic (exact) mass is 290 g/mol. The van der Waals surface area contributed by atoms with Crippen molar-refractivity contribution in [1.82, 2.24) is 4.98 Å². The van der Waals surface area contributed by atoms with Crippen LogP contribution in [0.25, 0.3) is 0 Å². The highest BCUT2D eigenvalue weighted by molar-refractivity contribution is 5.58. The Morgan fingerprint density at radius 2 is 1.95 bits per heavy atom. The molecule has 3 heteroatoms. The van der Waals surface area contributed by atoms with Gasteiger partial charge in [-0.15, -0.1) is 0 Å². The second-order valence-corrected chi connectivity index (χ2v) is 7.01. The molecule has 118 valence electrons. The zero-order valence-corrected chi connectivity index (χ0v) is 14.2. The summed E-state index contributed by atoms with van der Waals surface area (Å²) in [6, 6.07) is 2.58. The fourth-order valence-corrected chi connectivity index (χ4v) is 3.45. The highest BCUT2D eigenvalue weighted by atomic mass is 16.5. The van der Waals surface area contributed by atoms with Gasteiger partial charge >= 0.3 is 0 Å². The average molecular weight is 290 g/mol. The number of nitrogens with zero attached hydrogens (tertiary/aromatic N) is 1. The molecule has 1 aliphatic rings. The number of pyridine rings is 1. The number of hydrogen-bond acceptors (Lipinski definition) is 3. The Morgan fingerprint density at radius 1 is 1.29 bits per heavy atom. The topological polar surface area (TPSA) is 34.2 Å². The Labute approximate surface area is 129 Å². The van der Waals surface area contributed by atoms with Crippen molar-refractivity contribution in [1.29, 1.82) is 0 Å². The van der Waals surface area contributed by atoms with E-state index in [2.05, 4.69) is 31.1 Å². The van der Waals surface area contributed by atoms with Crippen molar-refractivity contribution in [3.8, 4) is 5.75 Å². The molecule has 2 rings (SSSR count). The van der Waals surface area contributed by atoms with Gasteiger partial charge in [0.2, 0.25) is 0 Å². The Kier molecular flexibility index (Phi) is 5.13. The molecule has 1 aliphatic carbocycles. The minimum atomic E-state index is 0.482. The number of hydrogen-bond donors (Lipinski definition) is 1. The van der Waals surface area contributed by atoms with Crippen LogP contribution in [0.2, 0.25) is 0 Å².